The highest BCUT2D eigenvalue weighted by molar-refractivity contribution is 5.43. The van der Waals surface area contributed by atoms with Crippen LogP contribution in [0.2, 0.25) is 0 Å². The lowest BCUT2D eigenvalue weighted by Crippen LogP contribution is -2.46. The number of methoxy groups -OCH3 is 1. The van der Waals surface area contributed by atoms with Crippen molar-refractivity contribution in [3.63, 3.8) is 0 Å². The normalized spacial score (nSPS) is 18.3. The van der Waals surface area contributed by atoms with E-state index in [1.807, 2.05) is 0 Å². The lowest BCUT2D eigenvalue weighted by molar-refractivity contribution is 0.136. The van der Waals surface area contributed by atoms with Crippen molar-refractivity contribution in [2.75, 3.05) is 33.3 Å². The van der Waals surface area contributed by atoms with Gasteiger partial charge in [0, 0.05) is 32.2 Å². The highest BCUT2D eigenvalue weighted by Crippen LogP contribution is 2.34. The Balaban J connectivity index is 2.36. The van der Waals surface area contributed by atoms with Crippen molar-refractivity contribution >= 4 is 0 Å². The quantitative estimate of drug-likeness (QED) is 0.915. The summed E-state index contributed by atoms with van der Waals surface area (Å²) in [4.78, 5) is 2.62. The summed E-state index contributed by atoms with van der Waals surface area (Å²) in [5.41, 5.74) is 4.03. The van der Waals surface area contributed by atoms with E-state index in [0.29, 0.717) is 12.0 Å². The van der Waals surface area contributed by atoms with Gasteiger partial charge < -0.3 is 10.1 Å². The number of hydrogen-bond donors (Lipinski definition) is 1. The van der Waals surface area contributed by atoms with Crippen molar-refractivity contribution in [1.29, 1.82) is 0 Å². The van der Waals surface area contributed by atoms with Crippen LogP contribution in [0.25, 0.3) is 0 Å². The summed E-state index contributed by atoms with van der Waals surface area (Å²) in [6, 6.07) is 5.00. The van der Waals surface area contributed by atoms with Gasteiger partial charge in [0.05, 0.1) is 7.11 Å². The third-order valence-corrected chi connectivity index (χ3v) is 4.28. The molecule has 1 unspecified atom stereocenters. The molecular formula is C17H28N2O. The Hall–Kier alpha value is -1.06. The molecule has 1 aliphatic rings. The van der Waals surface area contributed by atoms with Crippen LogP contribution < -0.4 is 10.1 Å². The first-order chi connectivity index (χ1) is 9.54. The van der Waals surface area contributed by atoms with Gasteiger partial charge in [-0.1, -0.05) is 19.9 Å². The zero-order valence-corrected chi connectivity index (χ0v) is 13.5. The second-order valence-electron chi connectivity index (χ2n) is 6.15. The molecular weight excluding hydrogens is 248 g/mol. The van der Waals surface area contributed by atoms with E-state index in [0.717, 1.165) is 31.9 Å². The molecule has 1 aliphatic heterocycles. The van der Waals surface area contributed by atoms with Crippen LogP contribution in [-0.2, 0) is 0 Å². The number of ether oxygens (including phenoxy) is 1. The van der Waals surface area contributed by atoms with Crippen LogP contribution in [-0.4, -0.2) is 38.2 Å². The SMILES string of the molecule is COc1cc(C)c(C(C(C)C)N2CCNCC2)cc1C. The van der Waals surface area contributed by atoms with E-state index in [1.54, 1.807) is 7.11 Å². The number of piperazine rings is 1. The Labute approximate surface area is 123 Å². The fourth-order valence-electron chi connectivity index (χ4n) is 3.29. The number of benzene rings is 1. The number of hydrogen-bond acceptors (Lipinski definition) is 3. The molecule has 1 saturated heterocycles. The molecule has 0 spiro atoms. The van der Waals surface area contributed by atoms with Gasteiger partial charge in [0.15, 0.2) is 0 Å². The van der Waals surface area contributed by atoms with E-state index in [9.17, 15) is 0 Å². The maximum Gasteiger partial charge on any atom is 0.122 e. The van der Waals surface area contributed by atoms with Crippen LogP contribution in [0.1, 0.15) is 36.6 Å². The van der Waals surface area contributed by atoms with Crippen molar-refractivity contribution in [3.8, 4) is 5.75 Å². The summed E-state index contributed by atoms with van der Waals surface area (Å²) in [7, 11) is 1.75. The van der Waals surface area contributed by atoms with Crippen molar-refractivity contribution < 1.29 is 4.74 Å². The first-order valence-electron chi connectivity index (χ1n) is 7.64. The van der Waals surface area contributed by atoms with E-state index < -0.39 is 0 Å². The summed E-state index contributed by atoms with van der Waals surface area (Å²) >= 11 is 0. The molecule has 0 aromatic heterocycles. The van der Waals surface area contributed by atoms with Gasteiger partial charge in [-0.05, 0) is 42.5 Å². The zero-order chi connectivity index (χ0) is 14.7. The van der Waals surface area contributed by atoms with Crippen LogP contribution in [0.5, 0.6) is 5.75 Å². The lowest BCUT2D eigenvalue weighted by Gasteiger charge is -2.38. The fraction of sp³-hybridized carbons (Fsp3) is 0.647. The molecule has 3 heteroatoms. The van der Waals surface area contributed by atoms with Gasteiger partial charge >= 0.3 is 0 Å². The van der Waals surface area contributed by atoms with Gasteiger partial charge in [0.25, 0.3) is 0 Å². The predicted octanol–water partition coefficient (Wildman–Crippen LogP) is 2.91. The van der Waals surface area contributed by atoms with Crippen LogP contribution in [0.3, 0.4) is 0 Å². The first kappa shape index (κ1) is 15.3. The third-order valence-electron chi connectivity index (χ3n) is 4.28. The molecule has 1 atom stereocenters. The minimum Gasteiger partial charge on any atom is -0.496 e. The summed E-state index contributed by atoms with van der Waals surface area (Å²) in [6.45, 7) is 13.4. The smallest absolute Gasteiger partial charge is 0.122 e. The van der Waals surface area contributed by atoms with Crippen molar-refractivity contribution in [2.45, 2.75) is 33.7 Å². The molecule has 0 bridgehead atoms. The van der Waals surface area contributed by atoms with Crippen LogP contribution in [0.4, 0.5) is 0 Å². The molecule has 2 rings (SSSR count). The topological polar surface area (TPSA) is 24.5 Å². The van der Waals surface area contributed by atoms with E-state index in [2.05, 4.69) is 50.0 Å². The Kier molecular flexibility index (Phi) is 5.06. The number of nitrogens with zero attached hydrogens (tertiary/aromatic N) is 1. The largest absolute Gasteiger partial charge is 0.496 e. The molecule has 1 aromatic carbocycles. The molecule has 1 N–H and O–H groups in total. The monoisotopic (exact) mass is 276 g/mol. The van der Waals surface area contributed by atoms with E-state index >= 15 is 0 Å². The zero-order valence-electron chi connectivity index (χ0n) is 13.5. The molecule has 3 nitrogen and oxygen atoms in total. The van der Waals surface area contributed by atoms with Crippen molar-refractivity contribution in [1.82, 2.24) is 10.2 Å². The molecule has 0 amide bonds. The summed E-state index contributed by atoms with van der Waals surface area (Å²) in [5, 5.41) is 3.44. The maximum atomic E-state index is 5.44. The van der Waals surface area contributed by atoms with Gasteiger partial charge in [0.2, 0.25) is 0 Å². The van der Waals surface area contributed by atoms with Gasteiger partial charge in [-0.2, -0.15) is 0 Å². The molecule has 0 saturated carbocycles. The second kappa shape index (κ2) is 6.59. The average Bonchev–Trinajstić information content (AvgIpc) is 2.43. The Morgan fingerprint density at radius 2 is 1.75 bits per heavy atom. The summed E-state index contributed by atoms with van der Waals surface area (Å²) < 4.78 is 5.44. The number of aryl methyl sites for hydroxylation is 2. The Morgan fingerprint density at radius 1 is 1.10 bits per heavy atom. The number of rotatable bonds is 4. The molecule has 0 aliphatic carbocycles. The Bertz CT molecular complexity index is 451. The summed E-state index contributed by atoms with van der Waals surface area (Å²) in [5.74, 6) is 1.61. The molecule has 20 heavy (non-hydrogen) atoms. The first-order valence-corrected chi connectivity index (χ1v) is 7.64. The molecule has 112 valence electrons. The fourth-order valence-corrected chi connectivity index (χ4v) is 3.29. The standard InChI is InChI=1S/C17H28N2O/c1-12(2)17(19-8-6-18-7-9-19)15-10-14(4)16(20-5)11-13(15)3/h10-12,17-18H,6-9H2,1-5H3. The highest BCUT2D eigenvalue weighted by atomic mass is 16.5. The molecule has 0 radical (unpaired) electrons. The third kappa shape index (κ3) is 3.15. The van der Waals surface area contributed by atoms with E-state index in [-0.39, 0.29) is 0 Å². The molecule has 1 fully saturated rings. The van der Waals surface area contributed by atoms with Crippen molar-refractivity contribution in [2.24, 2.45) is 5.92 Å². The van der Waals surface area contributed by atoms with Gasteiger partial charge in [-0.3, -0.25) is 4.90 Å². The van der Waals surface area contributed by atoms with E-state index in [4.69, 9.17) is 4.74 Å². The van der Waals surface area contributed by atoms with Crippen LogP contribution in [0, 0.1) is 19.8 Å². The van der Waals surface area contributed by atoms with E-state index in [1.165, 1.54) is 16.7 Å². The van der Waals surface area contributed by atoms with Crippen LogP contribution in [0.15, 0.2) is 12.1 Å². The van der Waals surface area contributed by atoms with Crippen LogP contribution >= 0.6 is 0 Å². The minimum absolute atomic E-state index is 0.502. The molecule has 1 heterocycles. The molecule has 1 aromatic rings. The lowest BCUT2D eigenvalue weighted by atomic mass is 9.89. The number of nitrogens with one attached hydrogen (secondary N) is 1. The van der Waals surface area contributed by atoms with Crippen molar-refractivity contribution in [3.05, 3.63) is 28.8 Å². The maximum absolute atomic E-state index is 5.44. The predicted molar refractivity (Wildman–Crippen MR) is 84.5 cm³/mol. The van der Waals surface area contributed by atoms with Gasteiger partial charge in [-0.25, -0.2) is 0 Å². The second-order valence-corrected chi connectivity index (χ2v) is 6.15. The minimum atomic E-state index is 0.502. The summed E-state index contributed by atoms with van der Waals surface area (Å²) in [6.07, 6.45) is 0. The Morgan fingerprint density at radius 3 is 2.30 bits per heavy atom. The average molecular weight is 276 g/mol. The van der Waals surface area contributed by atoms with Gasteiger partial charge in [0.1, 0.15) is 5.75 Å². The highest BCUT2D eigenvalue weighted by Gasteiger charge is 2.26. The van der Waals surface area contributed by atoms with Gasteiger partial charge in [-0.15, -0.1) is 0 Å².